The Labute approximate surface area is 93.0 Å². The van der Waals surface area contributed by atoms with Crippen molar-refractivity contribution in [1.29, 1.82) is 0 Å². The summed E-state index contributed by atoms with van der Waals surface area (Å²) in [7, 11) is 2.00. The van der Waals surface area contributed by atoms with Gasteiger partial charge in [-0.2, -0.15) is 0 Å². The molecule has 2 aliphatic carbocycles. The summed E-state index contributed by atoms with van der Waals surface area (Å²) in [6.07, 6.45) is 8.73. The predicted octanol–water partition coefficient (Wildman–Crippen LogP) is 2.82. The number of hydrogen-bond acceptors (Lipinski definition) is 1. The lowest BCUT2D eigenvalue weighted by Crippen LogP contribution is -2.40. The van der Waals surface area contributed by atoms with Gasteiger partial charge in [0.2, 0.25) is 5.91 Å². The Hall–Kier alpha value is -0.530. The number of nitrogens with zero attached hydrogens (tertiary/aromatic N) is 1. The van der Waals surface area contributed by atoms with E-state index in [0.717, 1.165) is 18.8 Å². The minimum absolute atomic E-state index is 0.338. The van der Waals surface area contributed by atoms with Crippen LogP contribution in [0, 0.1) is 11.8 Å². The second kappa shape index (κ2) is 4.54. The average molecular weight is 209 g/mol. The van der Waals surface area contributed by atoms with Gasteiger partial charge in [0, 0.05) is 19.0 Å². The quantitative estimate of drug-likeness (QED) is 0.700. The van der Waals surface area contributed by atoms with Crippen molar-refractivity contribution < 1.29 is 4.79 Å². The molecule has 0 heterocycles. The number of carbonyl (C=O) groups excluding carboxylic acids is 1. The number of carbonyl (C=O) groups is 1. The monoisotopic (exact) mass is 209 g/mol. The molecule has 2 rings (SSSR count). The third-order valence-corrected chi connectivity index (χ3v) is 4.22. The molecule has 0 aromatic heterocycles. The Morgan fingerprint density at radius 2 is 1.73 bits per heavy atom. The largest absolute Gasteiger partial charge is 0.343 e. The van der Waals surface area contributed by atoms with E-state index in [9.17, 15) is 4.79 Å². The third kappa shape index (κ3) is 2.53. The number of amides is 1. The van der Waals surface area contributed by atoms with E-state index >= 15 is 0 Å². The summed E-state index contributed by atoms with van der Waals surface area (Å²) >= 11 is 0. The summed E-state index contributed by atoms with van der Waals surface area (Å²) < 4.78 is 0. The van der Waals surface area contributed by atoms with Crippen molar-refractivity contribution in [3.8, 4) is 0 Å². The molecule has 2 heteroatoms. The van der Waals surface area contributed by atoms with Gasteiger partial charge in [0.25, 0.3) is 0 Å². The van der Waals surface area contributed by atoms with Gasteiger partial charge in [-0.3, -0.25) is 4.79 Å². The van der Waals surface area contributed by atoms with Gasteiger partial charge in [-0.1, -0.05) is 19.3 Å². The highest BCUT2D eigenvalue weighted by Gasteiger charge is 2.34. The zero-order valence-corrected chi connectivity index (χ0v) is 10.0. The highest BCUT2D eigenvalue weighted by molar-refractivity contribution is 5.79. The molecule has 0 aliphatic heterocycles. The van der Waals surface area contributed by atoms with Crippen molar-refractivity contribution in [2.24, 2.45) is 11.8 Å². The lowest BCUT2D eigenvalue weighted by molar-refractivity contribution is -0.137. The van der Waals surface area contributed by atoms with Gasteiger partial charge in [-0.05, 0) is 38.5 Å². The van der Waals surface area contributed by atoms with Gasteiger partial charge >= 0.3 is 0 Å². The van der Waals surface area contributed by atoms with Crippen molar-refractivity contribution in [2.75, 3.05) is 7.05 Å². The minimum Gasteiger partial charge on any atom is -0.343 e. The predicted molar refractivity (Wildman–Crippen MR) is 61.5 cm³/mol. The average Bonchev–Trinajstić information content (AvgIpc) is 3.11. The summed E-state index contributed by atoms with van der Waals surface area (Å²) in [5.74, 6) is 1.54. The molecule has 0 bridgehead atoms. The van der Waals surface area contributed by atoms with Crippen LogP contribution in [0.1, 0.15) is 51.9 Å². The van der Waals surface area contributed by atoms with Crippen LogP contribution in [-0.4, -0.2) is 23.9 Å². The van der Waals surface area contributed by atoms with Gasteiger partial charge in [-0.15, -0.1) is 0 Å². The van der Waals surface area contributed by atoms with Crippen molar-refractivity contribution in [2.45, 2.75) is 57.9 Å². The van der Waals surface area contributed by atoms with Gasteiger partial charge < -0.3 is 4.90 Å². The highest BCUT2D eigenvalue weighted by atomic mass is 16.2. The van der Waals surface area contributed by atoms with Crippen LogP contribution in [0.3, 0.4) is 0 Å². The van der Waals surface area contributed by atoms with E-state index in [4.69, 9.17) is 0 Å². The second-order valence-corrected chi connectivity index (χ2v) is 5.36. The summed E-state index contributed by atoms with van der Waals surface area (Å²) in [6, 6.07) is 0.472. The number of hydrogen-bond donors (Lipinski definition) is 0. The highest BCUT2D eigenvalue weighted by Crippen LogP contribution is 2.36. The van der Waals surface area contributed by atoms with Crippen LogP contribution in [0.25, 0.3) is 0 Å². The number of rotatable bonds is 3. The summed E-state index contributed by atoms with van der Waals surface area (Å²) in [4.78, 5) is 14.2. The Bertz CT molecular complexity index is 229. The molecule has 2 fully saturated rings. The Morgan fingerprint density at radius 3 is 2.27 bits per heavy atom. The molecule has 0 aromatic carbocycles. The fourth-order valence-corrected chi connectivity index (χ4v) is 2.73. The van der Waals surface area contributed by atoms with Crippen LogP contribution >= 0.6 is 0 Å². The zero-order chi connectivity index (χ0) is 10.8. The van der Waals surface area contributed by atoms with E-state index in [1.807, 2.05) is 11.9 Å². The molecule has 1 amide bonds. The van der Waals surface area contributed by atoms with E-state index < -0.39 is 0 Å². The molecule has 2 aliphatic rings. The molecule has 1 atom stereocenters. The first kappa shape index (κ1) is 11.0. The van der Waals surface area contributed by atoms with Gasteiger partial charge in [-0.25, -0.2) is 0 Å². The first-order chi connectivity index (χ1) is 7.20. The topological polar surface area (TPSA) is 20.3 Å². The maximum atomic E-state index is 12.2. The lowest BCUT2D eigenvalue weighted by Gasteiger charge is -2.30. The lowest BCUT2D eigenvalue weighted by atomic mass is 9.88. The Kier molecular flexibility index (Phi) is 3.32. The molecule has 0 spiro atoms. The summed E-state index contributed by atoms with van der Waals surface area (Å²) in [6.45, 7) is 2.21. The molecule has 2 saturated carbocycles. The maximum Gasteiger partial charge on any atom is 0.225 e. The van der Waals surface area contributed by atoms with Crippen LogP contribution in [0.4, 0.5) is 0 Å². The van der Waals surface area contributed by atoms with Crippen LogP contribution in [0.2, 0.25) is 0 Å². The van der Waals surface area contributed by atoms with Crippen molar-refractivity contribution in [3.05, 3.63) is 0 Å². The van der Waals surface area contributed by atoms with Gasteiger partial charge in [0.15, 0.2) is 0 Å². The fourth-order valence-electron chi connectivity index (χ4n) is 2.73. The zero-order valence-electron chi connectivity index (χ0n) is 10.0. The standard InChI is InChI=1S/C13H23NO/c1-10(11-8-9-11)14(2)13(15)12-6-4-3-5-7-12/h10-12H,3-9H2,1-2H3/t10-/m1/s1. The molecule has 0 unspecified atom stereocenters. The van der Waals surface area contributed by atoms with E-state index in [-0.39, 0.29) is 0 Å². The van der Waals surface area contributed by atoms with Crippen LogP contribution in [-0.2, 0) is 4.79 Å². The van der Waals surface area contributed by atoms with Gasteiger partial charge in [0.05, 0.1) is 0 Å². The molecular formula is C13H23NO. The first-order valence-corrected chi connectivity index (χ1v) is 6.47. The fraction of sp³-hybridized carbons (Fsp3) is 0.923. The molecule has 0 N–H and O–H groups in total. The molecule has 2 nitrogen and oxygen atoms in total. The van der Waals surface area contributed by atoms with Crippen molar-refractivity contribution in [3.63, 3.8) is 0 Å². The smallest absolute Gasteiger partial charge is 0.225 e. The van der Waals surface area contributed by atoms with Crippen LogP contribution < -0.4 is 0 Å². The minimum atomic E-state index is 0.338. The van der Waals surface area contributed by atoms with Gasteiger partial charge in [0.1, 0.15) is 0 Å². The third-order valence-electron chi connectivity index (χ3n) is 4.22. The normalized spacial score (nSPS) is 24.9. The SMILES string of the molecule is C[C@H](C1CC1)N(C)C(=O)C1CCCCC1. The molecule has 86 valence electrons. The summed E-state index contributed by atoms with van der Waals surface area (Å²) in [5, 5.41) is 0. The first-order valence-electron chi connectivity index (χ1n) is 6.47. The molecule has 15 heavy (non-hydrogen) atoms. The van der Waals surface area contributed by atoms with Crippen LogP contribution in [0.5, 0.6) is 0 Å². The molecule has 0 aromatic rings. The Morgan fingerprint density at radius 1 is 1.13 bits per heavy atom. The summed E-state index contributed by atoms with van der Waals surface area (Å²) in [5.41, 5.74) is 0. The molecular weight excluding hydrogens is 186 g/mol. The van der Waals surface area contributed by atoms with Crippen molar-refractivity contribution >= 4 is 5.91 Å². The Balaban J connectivity index is 1.87. The maximum absolute atomic E-state index is 12.2. The second-order valence-electron chi connectivity index (χ2n) is 5.36. The van der Waals surface area contributed by atoms with E-state index in [2.05, 4.69) is 6.92 Å². The van der Waals surface area contributed by atoms with Crippen molar-refractivity contribution in [1.82, 2.24) is 4.90 Å². The molecule has 0 radical (unpaired) electrons. The van der Waals surface area contributed by atoms with E-state index in [0.29, 0.717) is 17.9 Å². The molecule has 0 saturated heterocycles. The van der Waals surface area contributed by atoms with E-state index in [1.54, 1.807) is 0 Å². The van der Waals surface area contributed by atoms with E-state index in [1.165, 1.54) is 32.1 Å². The van der Waals surface area contributed by atoms with Crippen LogP contribution in [0.15, 0.2) is 0 Å².